The van der Waals surface area contributed by atoms with Gasteiger partial charge in [-0.1, -0.05) is 11.6 Å². The highest BCUT2D eigenvalue weighted by molar-refractivity contribution is 6.34. The van der Waals surface area contributed by atoms with Crippen LogP contribution < -0.4 is 4.74 Å². The Morgan fingerprint density at radius 2 is 2.29 bits per heavy atom. The largest absolute Gasteiger partial charge is 0.497 e. The third-order valence-corrected chi connectivity index (χ3v) is 3.27. The predicted molar refractivity (Wildman–Crippen MR) is 62.7 cm³/mol. The molecule has 1 heterocycles. The average Bonchev–Trinajstić information content (AvgIpc) is 2.28. The Hall–Kier alpha value is -1.10. The van der Waals surface area contributed by atoms with Crippen LogP contribution in [-0.4, -0.2) is 37.8 Å². The monoisotopic (exact) mass is 256 g/mol. The van der Waals surface area contributed by atoms with Crippen molar-refractivity contribution in [2.75, 3.05) is 26.9 Å². The summed E-state index contributed by atoms with van der Waals surface area (Å²) in [6.07, 6.45) is 0. The molecule has 17 heavy (non-hydrogen) atoms. The average molecular weight is 257 g/mol. The molecule has 1 fully saturated rings. The molecule has 0 saturated carbocycles. The molecule has 0 radical (unpaired) electrons. The molecule has 1 aliphatic heterocycles. The van der Waals surface area contributed by atoms with Gasteiger partial charge in [0.25, 0.3) is 0 Å². The number of aliphatic hydroxyl groups excluding tert-OH is 1. The molecule has 5 heteroatoms. The molecular formula is C12H13ClO4. The van der Waals surface area contributed by atoms with Crippen LogP contribution in [0.4, 0.5) is 0 Å². The number of Topliss-reactive ketones (excluding diaryl/α,β-unsaturated/α-hetero) is 1. The number of ketones is 1. The van der Waals surface area contributed by atoms with Crippen LogP contribution >= 0.6 is 11.6 Å². The van der Waals surface area contributed by atoms with E-state index in [9.17, 15) is 9.90 Å². The number of halogens is 1. The summed E-state index contributed by atoms with van der Waals surface area (Å²) >= 11 is 6.02. The summed E-state index contributed by atoms with van der Waals surface area (Å²) < 4.78 is 10.0. The third kappa shape index (κ3) is 2.04. The van der Waals surface area contributed by atoms with E-state index in [1.807, 2.05) is 0 Å². The van der Waals surface area contributed by atoms with E-state index in [0.717, 1.165) is 0 Å². The summed E-state index contributed by atoms with van der Waals surface area (Å²) in [5.74, 6) is 0.411. The molecule has 1 aliphatic rings. The van der Waals surface area contributed by atoms with E-state index in [2.05, 4.69) is 0 Å². The zero-order valence-corrected chi connectivity index (χ0v) is 10.2. The van der Waals surface area contributed by atoms with Crippen molar-refractivity contribution in [2.24, 2.45) is 5.41 Å². The Balaban J connectivity index is 2.31. The Morgan fingerprint density at radius 3 is 2.71 bits per heavy atom. The van der Waals surface area contributed by atoms with E-state index < -0.39 is 5.41 Å². The molecule has 1 N–H and O–H groups in total. The maximum absolute atomic E-state index is 12.2. The van der Waals surface area contributed by atoms with Crippen LogP contribution in [0.25, 0.3) is 0 Å². The van der Waals surface area contributed by atoms with Crippen LogP contribution in [-0.2, 0) is 4.74 Å². The second kappa shape index (κ2) is 4.64. The fourth-order valence-corrected chi connectivity index (χ4v) is 1.99. The normalized spacial score (nSPS) is 17.4. The SMILES string of the molecule is COc1ccc(C(=O)C2(CO)COC2)c(Cl)c1. The smallest absolute Gasteiger partial charge is 0.177 e. The molecule has 4 nitrogen and oxygen atoms in total. The van der Waals surface area contributed by atoms with Gasteiger partial charge in [-0.2, -0.15) is 0 Å². The molecule has 0 spiro atoms. The van der Waals surface area contributed by atoms with Gasteiger partial charge in [-0.3, -0.25) is 4.79 Å². The van der Waals surface area contributed by atoms with E-state index in [1.165, 1.54) is 7.11 Å². The van der Waals surface area contributed by atoms with Crippen LogP contribution in [0.1, 0.15) is 10.4 Å². The number of hydrogen-bond acceptors (Lipinski definition) is 4. The minimum absolute atomic E-state index is 0.182. The van der Waals surface area contributed by atoms with Gasteiger partial charge in [0.05, 0.1) is 32.0 Å². The molecular weight excluding hydrogens is 244 g/mol. The van der Waals surface area contributed by atoms with Gasteiger partial charge >= 0.3 is 0 Å². The van der Waals surface area contributed by atoms with E-state index in [-0.39, 0.29) is 25.6 Å². The quantitative estimate of drug-likeness (QED) is 0.831. The molecule has 0 unspecified atom stereocenters. The highest BCUT2D eigenvalue weighted by Gasteiger charge is 2.46. The highest BCUT2D eigenvalue weighted by Crippen LogP contribution is 2.34. The second-order valence-corrected chi connectivity index (χ2v) is 4.51. The second-order valence-electron chi connectivity index (χ2n) is 4.11. The van der Waals surface area contributed by atoms with Crippen LogP contribution in [0, 0.1) is 5.41 Å². The third-order valence-electron chi connectivity index (χ3n) is 2.96. The van der Waals surface area contributed by atoms with Crippen molar-refractivity contribution in [1.82, 2.24) is 0 Å². The minimum Gasteiger partial charge on any atom is -0.497 e. The maximum atomic E-state index is 12.2. The predicted octanol–water partition coefficient (Wildman–Crippen LogP) is 1.54. The summed E-state index contributed by atoms with van der Waals surface area (Å²) in [4.78, 5) is 12.2. The van der Waals surface area contributed by atoms with Gasteiger partial charge in [0, 0.05) is 5.56 Å². The van der Waals surface area contributed by atoms with Gasteiger partial charge in [-0.25, -0.2) is 0 Å². The first kappa shape index (κ1) is 12.4. The van der Waals surface area contributed by atoms with Crippen LogP contribution in [0.2, 0.25) is 5.02 Å². The summed E-state index contributed by atoms with van der Waals surface area (Å²) in [7, 11) is 1.53. The first-order chi connectivity index (χ1) is 8.13. The van der Waals surface area contributed by atoms with Crippen molar-refractivity contribution in [3.63, 3.8) is 0 Å². The number of aliphatic hydroxyl groups is 1. The van der Waals surface area contributed by atoms with E-state index in [4.69, 9.17) is 21.1 Å². The van der Waals surface area contributed by atoms with Crippen LogP contribution in [0.3, 0.4) is 0 Å². The van der Waals surface area contributed by atoms with E-state index in [0.29, 0.717) is 16.3 Å². The van der Waals surface area contributed by atoms with Crippen molar-refractivity contribution < 1.29 is 19.4 Å². The summed E-state index contributed by atoms with van der Waals surface area (Å²) in [5.41, 5.74) is -0.428. The summed E-state index contributed by atoms with van der Waals surface area (Å²) in [5, 5.41) is 9.62. The fourth-order valence-electron chi connectivity index (χ4n) is 1.74. The van der Waals surface area contributed by atoms with Gasteiger partial charge in [0.15, 0.2) is 5.78 Å². The first-order valence-corrected chi connectivity index (χ1v) is 5.58. The fraction of sp³-hybridized carbons (Fsp3) is 0.417. The Kier molecular flexibility index (Phi) is 3.38. The lowest BCUT2D eigenvalue weighted by Crippen LogP contribution is -2.51. The highest BCUT2D eigenvalue weighted by atomic mass is 35.5. The topological polar surface area (TPSA) is 55.8 Å². The van der Waals surface area contributed by atoms with Crippen LogP contribution in [0.5, 0.6) is 5.75 Å². The number of methoxy groups -OCH3 is 1. The molecule has 0 bridgehead atoms. The lowest BCUT2D eigenvalue weighted by Gasteiger charge is -2.38. The number of rotatable bonds is 4. The first-order valence-electron chi connectivity index (χ1n) is 5.20. The molecule has 2 rings (SSSR count). The van der Waals surface area contributed by atoms with Gasteiger partial charge in [-0.15, -0.1) is 0 Å². The van der Waals surface area contributed by atoms with Gasteiger partial charge in [-0.05, 0) is 18.2 Å². The van der Waals surface area contributed by atoms with Gasteiger partial charge in [0.1, 0.15) is 11.2 Å². The Bertz CT molecular complexity index is 435. The number of hydrogen-bond donors (Lipinski definition) is 1. The van der Waals surface area contributed by atoms with Crippen molar-refractivity contribution in [3.05, 3.63) is 28.8 Å². The number of benzene rings is 1. The van der Waals surface area contributed by atoms with Gasteiger partial charge < -0.3 is 14.6 Å². The van der Waals surface area contributed by atoms with Crippen molar-refractivity contribution >= 4 is 17.4 Å². The molecule has 1 saturated heterocycles. The molecule has 0 aliphatic carbocycles. The van der Waals surface area contributed by atoms with Gasteiger partial charge in [0.2, 0.25) is 0 Å². The molecule has 0 amide bonds. The molecule has 0 atom stereocenters. The molecule has 0 aromatic heterocycles. The molecule has 92 valence electrons. The zero-order valence-electron chi connectivity index (χ0n) is 9.40. The standard InChI is InChI=1S/C12H13ClO4/c1-16-8-2-3-9(10(13)4-8)11(15)12(5-14)6-17-7-12/h2-4,14H,5-7H2,1H3. The summed E-state index contributed by atoms with van der Waals surface area (Å²) in [6, 6.07) is 4.86. The van der Waals surface area contributed by atoms with E-state index in [1.54, 1.807) is 18.2 Å². The maximum Gasteiger partial charge on any atom is 0.177 e. The Labute approximate surface area is 104 Å². The Morgan fingerprint density at radius 1 is 1.59 bits per heavy atom. The molecule has 1 aromatic carbocycles. The zero-order chi connectivity index (χ0) is 12.5. The number of ether oxygens (including phenoxy) is 2. The number of carbonyl (C=O) groups is 1. The lowest BCUT2D eigenvalue weighted by molar-refractivity contribution is -0.109. The van der Waals surface area contributed by atoms with Crippen LogP contribution in [0.15, 0.2) is 18.2 Å². The minimum atomic E-state index is -0.821. The van der Waals surface area contributed by atoms with Crippen molar-refractivity contribution in [1.29, 1.82) is 0 Å². The van der Waals surface area contributed by atoms with E-state index >= 15 is 0 Å². The van der Waals surface area contributed by atoms with Crippen molar-refractivity contribution in [2.45, 2.75) is 0 Å². The lowest BCUT2D eigenvalue weighted by atomic mass is 9.79. The number of carbonyl (C=O) groups excluding carboxylic acids is 1. The van der Waals surface area contributed by atoms with Crippen molar-refractivity contribution in [3.8, 4) is 5.75 Å². The summed E-state index contributed by atoms with van der Waals surface area (Å²) in [6.45, 7) is 0.254. The molecule has 1 aromatic rings.